The second kappa shape index (κ2) is 13.2. The third-order valence-corrected chi connectivity index (χ3v) is 7.75. The van der Waals surface area contributed by atoms with Gasteiger partial charge in [0.2, 0.25) is 11.9 Å². The van der Waals surface area contributed by atoms with Crippen LogP contribution in [0.4, 0.5) is 21.7 Å². The molecule has 226 valence electrons. The lowest BCUT2D eigenvalue weighted by Crippen LogP contribution is -2.50. The number of likely N-dealkylation sites (N-methyl/N-ethyl adjacent to an activating group) is 1. The van der Waals surface area contributed by atoms with Gasteiger partial charge in [-0.05, 0) is 44.3 Å². The number of alkyl halides is 1. The van der Waals surface area contributed by atoms with Gasteiger partial charge in [-0.25, -0.2) is 14.4 Å². The van der Waals surface area contributed by atoms with Crippen molar-refractivity contribution < 1.29 is 23.8 Å². The molecule has 2 aliphatic rings. The topological polar surface area (TPSA) is 140 Å². The highest BCUT2D eigenvalue weighted by Gasteiger charge is 2.33. The first-order chi connectivity index (χ1) is 20.8. The summed E-state index contributed by atoms with van der Waals surface area (Å²) in [7, 11) is 3.78. The lowest BCUT2D eigenvalue weighted by atomic mass is 10.0. The first kappa shape index (κ1) is 29.9. The van der Waals surface area contributed by atoms with Crippen LogP contribution in [0.1, 0.15) is 18.9 Å². The SMILES string of the molecule is COc1cc(Nc2ncnc(-c3ccc(O[C@H]4CCN(C(=O)CO)C[C@@H]4F)c(C#N)c3)n2)ccc1N1CCN(C)C[C@@H]1C. The number of hydrogen-bond acceptors (Lipinski definition) is 11. The summed E-state index contributed by atoms with van der Waals surface area (Å²) < 4.78 is 26.3. The van der Waals surface area contributed by atoms with Crippen LogP contribution in [0.3, 0.4) is 0 Å². The summed E-state index contributed by atoms with van der Waals surface area (Å²) in [4.78, 5) is 30.7. The number of carbonyl (C=O) groups is 1. The van der Waals surface area contributed by atoms with E-state index < -0.39 is 24.8 Å². The predicted octanol–water partition coefficient (Wildman–Crippen LogP) is 2.61. The van der Waals surface area contributed by atoms with Crippen molar-refractivity contribution in [3.63, 3.8) is 0 Å². The van der Waals surface area contributed by atoms with E-state index in [1.54, 1.807) is 25.3 Å². The normalized spacial score (nSPS) is 20.8. The van der Waals surface area contributed by atoms with Gasteiger partial charge in [0.05, 0.1) is 24.9 Å². The van der Waals surface area contributed by atoms with Crippen LogP contribution in [0.5, 0.6) is 11.5 Å². The number of carbonyl (C=O) groups excluding carboxylic acids is 1. The molecular weight excluding hydrogens is 555 g/mol. The van der Waals surface area contributed by atoms with E-state index >= 15 is 0 Å². The first-order valence-corrected chi connectivity index (χ1v) is 14.1. The van der Waals surface area contributed by atoms with Crippen LogP contribution in [0.15, 0.2) is 42.7 Å². The van der Waals surface area contributed by atoms with Crippen molar-refractivity contribution in [2.75, 3.05) is 63.7 Å². The van der Waals surface area contributed by atoms with Gasteiger partial charge in [-0.2, -0.15) is 10.2 Å². The molecular formula is C30H35FN8O4. The van der Waals surface area contributed by atoms with Crippen LogP contribution >= 0.6 is 0 Å². The standard InChI is InChI=1S/C30H35FN8O4/c1-19-15-37(2)10-11-39(19)24-6-5-22(13-27(24)42-3)35-30-34-18-33-29(36-30)20-4-7-25(21(12-20)14-32)43-26-8-9-38(16-23(26)31)28(41)17-40/h4-7,12-13,18-19,23,26,40H,8-11,15-17H2,1-3H3,(H,33,34,35,36)/t19-,23-,26-/m0/s1. The highest BCUT2D eigenvalue weighted by molar-refractivity contribution is 5.77. The number of benzene rings is 2. The Kier molecular flexibility index (Phi) is 9.18. The largest absolute Gasteiger partial charge is 0.495 e. The molecule has 2 aliphatic heterocycles. The second-order valence-electron chi connectivity index (χ2n) is 10.7. The second-order valence-corrected chi connectivity index (χ2v) is 10.7. The summed E-state index contributed by atoms with van der Waals surface area (Å²) in [6.45, 7) is 4.48. The Labute approximate surface area is 249 Å². The average Bonchev–Trinajstić information content (AvgIpc) is 3.02. The van der Waals surface area contributed by atoms with E-state index in [2.05, 4.69) is 50.1 Å². The molecule has 2 saturated heterocycles. The number of piperazine rings is 1. The van der Waals surface area contributed by atoms with Crippen molar-refractivity contribution in [2.45, 2.75) is 31.7 Å². The molecule has 0 bridgehead atoms. The van der Waals surface area contributed by atoms with E-state index in [0.717, 1.165) is 36.8 Å². The Morgan fingerprint density at radius 2 is 2.00 bits per heavy atom. The number of piperidine rings is 1. The van der Waals surface area contributed by atoms with E-state index in [0.29, 0.717) is 23.4 Å². The molecule has 2 aromatic carbocycles. The number of ether oxygens (including phenoxy) is 2. The van der Waals surface area contributed by atoms with Crippen LogP contribution in [0.25, 0.3) is 11.4 Å². The summed E-state index contributed by atoms with van der Waals surface area (Å²) in [6, 6.07) is 13.2. The summed E-state index contributed by atoms with van der Waals surface area (Å²) in [5, 5.41) is 22.0. The minimum absolute atomic E-state index is 0.172. The zero-order valence-electron chi connectivity index (χ0n) is 24.4. The minimum Gasteiger partial charge on any atom is -0.495 e. The van der Waals surface area contributed by atoms with Gasteiger partial charge in [0.25, 0.3) is 0 Å². The molecule has 1 aromatic heterocycles. The van der Waals surface area contributed by atoms with Gasteiger partial charge in [-0.15, -0.1) is 0 Å². The maximum atomic E-state index is 14.8. The molecule has 43 heavy (non-hydrogen) atoms. The molecule has 3 heterocycles. The number of aliphatic hydroxyl groups excluding tert-OH is 1. The van der Waals surface area contributed by atoms with Gasteiger partial charge in [-0.3, -0.25) is 4.79 Å². The van der Waals surface area contributed by atoms with E-state index in [1.165, 1.54) is 11.2 Å². The smallest absolute Gasteiger partial charge is 0.248 e. The van der Waals surface area contributed by atoms with Crippen molar-refractivity contribution >= 4 is 23.2 Å². The molecule has 12 nitrogen and oxygen atoms in total. The number of rotatable bonds is 8. The number of nitrogens with zero attached hydrogens (tertiary/aromatic N) is 7. The van der Waals surface area contributed by atoms with Gasteiger partial charge >= 0.3 is 0 Å². The van der Waals surface area contributed by atoms with Crippen LogP contribution in [0, 0.1) is 11.3 Å². The third kappa shape index (κ3) is 6.76. The Morgan fingerprint density at radius 1 is 1.16 bits per heavy atom. The Morgan fingerprint density at radius 3 is 2.72 bits per heavy atom. The van der Waals surface area contributed by atoms with Gasteiger partial charge in [0.1, 0.15) is 36.6 Å². The maximum absolute atomic E-state index is 14.8. The zero-order chi connectivity index (χ0) is 30.5. The molecule has 2 N–H and O–H groups in total. The van der Waals surface area contributed by atoms with Gasteiger partial charge in [-0.1, -0.05) is 0 Å². The molecule has 13 heteroatoms. The average molecular weight is 591 g/mol. The van der Waals surface area contributed by atoms with E-state index in [9.17, 15) is 14.4 Å². The molecule has 3 atom stereocenters. The van der Waals surface area contributed by atoms with Crippen LogP contribution in [-0.2, 0) is 4.79 Å². The minimum atomic E-state index is -1.45. The highest BCUT2D eigenvalue weighted by Crippen LogP contribution is 2.34. The molecule has 0 spiro atoms. The van der Waals surface area contributed by atoms with Crippen molar-refractivity contribution in [3.05, 3.63) is 48.3 Å². The van der Waals surface area contributed by atoms with Gasteiger partial charge < -0.3 is 34.6 Å². The molecule has 1 amide bonds. The van der Waals surface area contributed by atoms with Gasteiger partial charge in [0, 0.05) is 56.0 Å². The molecule has 0 unspecified atom stereocenters. The number of likely N-dealkylation sites (tertiary alicyclic amines) is 1. The molecule has 5 rings (SSSR count). The zero-order valence-corrected chi connectivity index (χ0v) is 24.4. The van der Waals surface area contributed by atoms with Crippen molar-refractivity contribution in [1.82, 2.24) is 24.8 Å². The lowest BCUT2D eigenvalue weighted by Gasteiger charge is -2.40. The fourth-order valence-electron chi connectivity index (χ4n) is 5.48. The van der Waals surface area contributed by atoms with Crippen molar-refractivity contribution in [3.8, 4) is 29.0 Å². The molecule has 0 saturated carbocycles. The number of aromatic nitrogens is 3. The monoisotopic (exact) mass is 590 g/mol. The summed E-state index contributed by atoms with van der Waals surface area (Å²) in [5.74, 6) is 1.11. The fraction of sp³-hybridized carbons (Fsp3) is 0.433. The van der Waals surface area contributed by atoms with E-state index in [-0.39, 0.29) is 30.8 Å². The van der Waals surface area contributed by atoms with E-state index in [4.69, 9.17) is 14.6 Å². The predicted molar refractivity (Wildman–Crippen MR) is 158 cm³/mol. The van der Waals surface area contributed by atoms with Crippen LogP contribution < -0.4 is 19.7 Å². The number of halogens is 1. The number of nitriles is 1. The molecule has 0 aliphatic carbocycles. The number of anilines is 3. The van der Waals surface area contributed by atoms with Crippen molar-refractivity contribution in [2.24, 2.45) is 0 Å². The summed E-state index contributed by atoms with van der Waals surface area (Å²) >= 11 is 0. The molecule has 3 aromatic rings. The number of hydrogen-bond donors (Lipinski definition) is 2. The van der Waals surface area contributed by atoms with Gasteiger partial charge in [0.15, 0.2) is 12.0 Å². The summed E-state index contributed by atoms with van der Waals surface area (Å²) in [5.41, 5.74) is 2.53. The number of nitrogens with one attached hydrogen (secondary N) is 1. The number of aliphatic hydroxyl groups is 1. The quantitative estimate of drug-likeness (QED) is 0.400. The van der Waals surface area contributed by atoms with Crippen LogP contribution in [-0.4, -0.2) is 108 Å². The Bertz CT molecular complexity index is 1500. The fourth-order valence-corrected chi connectivity index (χ4v) is 5.48. The third-order valence-electron chi connectivity index (χ3n) is 7.75. The first-order valence-electron chi connectivity index (χ1n) is 14.1. The summed E-state index contributed by atoms with van der Waals surface area (Å²) in [6.07, 6.45) is -0.655. The van der Waals surface area contributed by atoms with Crippen LogP contribution in [0.2, 0.25) is 0 Å². The number of amides is 1. The molecule has 2 fully saturated rings. The highest BCUT2D eigenvalue weighted by atomic mass is 19.1. The van der Waals surface area contributed by atoms with E-state index in [1.807, 2.05) is 18.2 Å². The number of methoxy groups -OCH3 is 1. The lowest BCUT2D eigenvalue weighted by molar-refractivity contribution is -0.138. The van der Waals surface area contributed by atoms with Crippen molar-refractivity contribution in [1.29, 1.82) is 5.26 Å². The molecule has 0 radical (unpaired) electrons. The Balaban J connectivity index is 1.29. The maximum Gasteiger partial charge on any atom is 0.248 e. The Hall–Kier alpha value is -4.54.